The molecule has 1 heterocycles. The summed E-state index contributed by atoms with van der Waals surface area (Å²) in [6.45, 7) is 6.14. The molecule has 0 aliphatic rings. The number of aromatic nitrogens is 2. The summed E-state index contributed by atoms with van der Waals surface area (Å²) in [4.78, 5) is 8.38. The number of nitrogens with one attached hydrogen (secondary N) is 2. The highest BCUT2D eigenvalue weighted by molar-refractivity contribution is 6.30. The van der Waals surface area contributed by atoms with Crippen LogP contribution in [0.5, 0.6) is 0 Å². The Morgan fingerprint density at radius 3 is 2.53 bits per heavy atom. The molecule has 0 spiro atoms. The van der Waals surface area contributed by atoms with Crippen molar-refractivity contribution < 1.29 is 0 Å². The van der Waals surface area contributed by atoms with Crippen molar-refractivity contribution in [2.45, 2.75) is 26.8 Å². The first-order valence-electron chi connectivity index (χ1n) is 6.16. The maximum absolute atomic E-state index is 5.94. The molecule has 1 aromatic carbocycles. The zero-order chi connectivity index (χ0) is 13.8. The van der Waals surface area contributed by atoms with Crippen molar-refractivity contribution in [2.75, 3.05) is 10.6 Å². The van der Waals surface area contributed by atoms with Crippen LogP contribution in [0.4, 0.5) is 17.3 Å². The van der Waals surface area contributed by atoms with Crippen LogP contribution in [0, 0.1) is 6.92 Å². The van der Waals surface area contributed by atoms with Crippen molar-refractivity contribution in [3.05, 3.63) is 41.2 Å². The number of benzene rings is 1. The third-order valence-electron chi connectivity index (χ3n) is 2.55. The predicted octanol–water partition coefficient (Wildman–Crippen LogP) is 4.00. The summed E-state index contributed by atoms with van der Waals surface area (Å²) in [6.07, 6.45) is 1.54. The lowest BCUT2D eigenvalue weighted by Crippen LogP contribution is -2.11. The average molecular weight is 277 g/mol. The van der Waals surface area contributed by atoms with Crippen LogP contribution in [-0.4, -0.2) is 16.0 Å². The van der Waals surface area contributed by atoms with E-state index in [4.69, 9.17) is 11.6 Å². The molecule has 0 bridgehead atoms. The van der Waals surface area contributed by atoms with Crippen LogP contribution in [-0.2, 0) is 0 Å². The lowest BCUT2D eigenvalue weighted by atomic mass is 10.2. The maximum Gasteiger partial charge on any atom is 0.135 e. The molecule has 2 N–H and O–H groups in total. The second-order valence-corrected chi connectivity index (χ2v) is 5.11. The molecule has 5 heteroatoms. The molecule has 100 valence electrons. The van der Waals surface area contributed by atoms with Crippen LogP contribution in [0.15, 0.2) is 30.6 Å². The number of aryl methyl sites for hydroxylation is 1. The van der Waals surface area contributed by atoms with Gasteiger partial charge in [0, 0.05) is 22.8 Å². The molecular formula is C14H17ClN4. The Balaban J connectivity index is 2.18. The number of hydrogen-bond donors (Lipinski definition) is 2. The summed E-state index contributed by atoms with van der Waals surface area (Å²) in [5.74, 6) is 1.56. The third kappa shape index (κ3) is 3.83. The molecular weight excluding hydrogens is 260 g/mol. The van der Waals surface area contributed by atoms with E-state index in [1.54, 1.807) is 0 Å². The predicted molar refractivity (Wildman–Crippen MR) is 80.3 cm³/mol. The zero-order valence-electron chi connectivity index (χ0n) is 11.2. The molecule has 0 unspecified atom stereocenters. The van der Waals surface area contributed by atoms with Crippen molar-refractivity contribution in [1.82, 2.24) is 9.97 Å². The molecule has 0 saturated carbocycles. The normalized spacial score (nSPS) is 10.6. The molecule has 0 atom stereocenters. The first-order chi connectivity index (χ1) is 9.04. The van der Waals surface area contributed by atoms with Crippen LogP contribution < -0.4 is 10.6 Å². The largest absolute Gasteiger partial charge is 0.368 e. The molecule has 0 saturated heterocycles. The van der Waals surface area contributed by atoms with E-state index in [-0.39, 0.29) is 0 Å². The van der Waals surface area contributed by atoms with E-state index in [2.05, 4.69) is 34.4 Å². The second kappa shape index (κ2) is 5.89. The van der Waals surface area contributed by atoms with E-state index in [9.17, 15) is 0 Å². The summed E-state index contributed by atoms with van der Waals surface area (Å²) >= 11 is 5.94. The van der Waals surface area contributed by atoms with Gasteiger partial charge in [0.05, 0.1) is 0 Å². The number of halogens is 1. The summed E-state index contributed by atoms with van der Waals surface area (Å²) in [5, 5.41) is 7.24. The molecule has 0 radical (unpaired) electrons. The van der Waals surface area contributed by atoms with Crippen molar-refractivity contribution in [2.24, 2.45) is 0 Å². The van der Waals surface area contributed by atoms with Crippen molar-refractivity contribution in [3.63, 3.8) is 0 Å². The van der Waals surface area contributed by atoms with Crippen LogP contribution in [0.3, 0.4) is 0 Å². The summed E-state index contributed by atoms with van der Waals surface area (Å²) in [6, 6.07) is 7.92. The average Bonchev–Trinajstić information content (AvgIpc) is 2.32. The molecule has 0 aliphatic carbocycles. The molecule has 19 heavy (non-hydrogen) atoms. The van der Waals surface area contributed by atoms with Gasteiger partial charge in [-0.05, 0) is 44.5 Å². The standard InChI is InChI=1S/C14H17ClN4/c1-9(2)18-13-7-14(17-8-16-13)19-12-5-4-11(15)6-10(12)3/h4-9H,1-3H3,(H2,16,17,18,19). The fourth-order valence-corrected chi connectivity index (χ4v) is 1.93. The Morgan fingerprint density at radius 1 is 1.11 bits per heavy atom. The molecule has 4 nitrogen and oxygen atoms in total. The summed E-state index contributed by atoms with van der Waals surface area (Å²) in [5.41, 5.74) is 2.06. The first-order valence-corrected chi connectivity index (χ1v) is 6.54. The lowest BCUT2D eigenvalue weighted by Gasteiger charge is -2.12. The van der Waals surface area contributed by atoms with Crippen molar-refractivity contribution in [1.29, 1.82) is 0 Å². The number of rotatable bonds is 4. The molecule has 0 fully saturated rings. The first kappa shape index (κ1) is 13.6. The minimum absolute atomic E-state index is 0.333. The van der Waals surface area contributed by atoms with E-state index < -0.39 is 0 Å². The number of hydrogen-bond acceptors (Lipinski definition) is 4. The quantitative estimate of drug-likeness (QED) is 0.886. The third-order valence-corrected chi connectivity index (χ3v) is 2.79. The van der Waals surface area contributed by atoms with Gasteiger partial charge in [-0.15, -0.1) is 0 Å². The van der Waals surface area contributed by atoms with E-state index in [0.717, 1.165) is 27.9 Å². The summed E-state index contributed by atoms with van der Waals surface area (Å²) in [7, 11) is 0. The van der Waals surface area contributed by atoms with Gasteiger partial charge in [-0.25, -0.2) is 9.97 Å². The van der Waals surface area contributed by atoms with Crippen molar-refractivity contribution in [3.8, 4) is 0 Å². The Bertz CT molecular complexity index is 569. The van der Waals surface area contributed by atoms with Gasteiger partial charge in [0.25, 0.3) is 0 Å². The Kier molecular flexibility index (Phi) is 4.22. The SMILES string of the molecule is Cc1cc(Cl)ccc1Nc1cc(NC(C)C)ncn1. The second-order valence-electron chi connectivity index (χ2n) is 4.67. The Labute approximate surface area is 118 Å². The highest BCUT2D eigenvalue weighted by Gasteiger charge is 2.03. The monoisotopic (exact) mass is 276 g/mol. The number of nitrogens with zero attached hydrogens (tertiary/aromatic N) is 2. The molecule has 0 amide bonds. The summed E-state index contributed by atoms with van der Waals surface area (Å²) < 4.78 is 0. The van der Waals surface area contributed by atoms with Crippen LogP contribution in [0.25, 0.3) is 0 Å². The van der Waals surface area contributed by atoms with Crippen LogP contribution in [0.1, 0.15) is 19.4 Å². The minimum Gasteiger partial charge on any atom is -0.368 e. The zero-order valence-corrected chi connectivity index (χ0v) is 12.0. The lowest BCUT2D eigenvalue weighted by molar-refractivity contribution is 0.886. The topological polar surface area (TPSA) is 49.8 Å². The van der Waals surface area contributed by atoms with Gasteiger partial charge in [-0.1, -0.05) is 11.6 Å². The molecule has 1 aromatic heterocycles. The highest BCUT2D eigenvalue weighted by atomic mass is 35.5. The Hall–Kier alpha value is -1.81. The van der Waals surface area contributed by atoms with Gasteiger partial charge >= 0.3 is 0 Å². The minimum atomic E-state index is 0.333. The van der Waals surface area contributed by atoms with Crippen molar-refractivity contribution >= 4 is 28.9 Å². The van der Waals surface area contributed by atoms with Gasteiger partial charge in [0.15, 0.2) is 0 Å². The van der Waals surface area contributed by atoms with E-state index in [1.807, 2.05) is 31.2 Å². The number of anilines is 3. The van der Waals surface area contributed by atoms with Gasteiger partial charge in [0.1, 0.15) is 18.0 Å². The molecule has 0 aliphatic heterocycles. The maximum atomic E-state index is 5.94. The fraction of sp³-hybridized carbons (Fsp3) is 0.286. The van der Waals surface area contributed by atoms with Crippen LogP contribution >= 0.6 is 11.6 Å². The molecule has 2 aromatic rings. The molecule has 2 rings (SSSR count). The van der Waals surface area contributed by atoms with Gasteiger partial charge < -0.3 is 10.6 Å². The van der Waals surface area contributed by atoms with E-state index in [1.165, 1.54) is 6.33 Å². The van der Waals surface area contributed by atoms with E-state index in [0.29, 0.717) is 6.04 Å². The highest BCUT2D eigenvalue weighted by Crippen LogP contribution is 2.23. The fourth-order valence-electron chi connectivity index (χ4n) is 1.71. The smallest absolute Gasteiger partial charge is 0.135 e. The van der Waals surface area contributed by atoms with Gasteiger partial charge in [0.2, 0.25) is 0 Å². The van der Waals surface area contributed by atoms with Gasteiger partial charge in [-0.2, -0.15) is 0 Å². The van der Waals surface area contributed by atoms with Crippen LogP contribution in [0.2, 0.25) is 5.02 Å². The van der Waals surface area contributed by atoms with Gasteiger partial charge in [-0.3, -0.25) is 0 Å². The van der Waals surface area contributed by atoms with E-state index >= 15 is 0 Å². The Morgan fingerprint density at radius 2 is 1.84 bits per heavy atom.